The van der Waals surface area contributed by atoms with E-state index in [1.165, 1.54) is 4.88 Å². The summed E-state index contributed by atoms with van der Waals surface area (Å²) >= 11 is 3.84. The number of hydrogen-bond donors (Lipinski definition) is 1. The molecule has 1 aromatic heterocycles. The zero-order valence-corrected chi connectivity index (χ0v) is 9.44. The third-order valence-corrected chi connectivity index (χ3v) is 3.40. The third kappa shape index (κ3) is 1.31. The maximum atomic E-state index is 9.57. The molecule has 0 amide bonds. The van der Waals surface area contributed by atoms with Gasteiger partial charge in [0.05, 0.1) is 4.70 Å². The lowest BCUT2D eigenvalue weighted by atomic mass is 10.2. The molecule has 62 valence electrons. The summed E-state index contributed by atoms with van der Waals surface area (Å²) in [6.07, 6.45) is 0. The van der Waals surface area contributed by atoms with Gasteiger partial charge in [-0.3, -0.25) is 0 Å². The van der Waals surface area contributed by atoms with E-state index in [1.54, 1.807) is 17.4 Å². The van der Waals surface area contributed by atoms with Crippen molar-refractivity contribution in [2.24, 2.45) is 0 Å². The Labute approximate surface area is 88.2 Å². The van der Waals surface area contributed by atoms with Crippen LogP contribution in [0.3, 0.4) is 0 Å². The van der Waals surface area contributed by atoms with E-state index >= 15 is 0 Å². The van der Waals surface area contributed by atoms with Gasteiger partial charge in [-0.15, -0.1) is 11.3 Å². The van der Waals surface area contributed by atoms with Crippen molar-refractivity contribution in [2.45, 2.75) is 6.92 Å². The first kappa shape index (κ1) is 8.31. The van der Waals surface area contributed by atoms with Crippen LogP contribution < -0.4 is 0 Å². The normalized spacial score (nSPS) is 10.8. The summed E-state index contributed by atoms with van der Waals surface area (Å²) in [6, 6.07) is 5.97. The minimum Gasteiger partial charge on any atom is -0.506 e. The Hall–Kier alpha value is -0.290. The van der Waals surface area contributed by atoms with E-state index in [9.17, 15) is 5.11 Å². The highest BCUT2D eigenvalue weighted by molar-refractivity contribution is 14.1. The van der Waals surface area contributed by atoms with Gasteiger partial charge < -0.3 is 5.11 Å². The van der Waals surface area contributed by atoms with Gasteiger partial charge in [-0.1, -0.05) is 0 Å². The van der Waals surface area contributed by atoms with Crippen molar-refractivity contribution in [1.29, 1.82) is 0 Å². The lowest BCUT2D eigenvalue weighted by Gasteiger charge is -1.94. The van der Waals surface area contributed by atoms with Gasteiger partial charge in [0.25, 0.3) is 0 Å². The second kappa shape index (κ2) is 2.88. The van der Waals surface area contributed by atoms with Gasteiger partial charge in [-0.05, 0) is 53.1 Å². The van der Waals surface area contributed by atoms with Crippen molar-refractivity contribution in [1.82, 2.24) is 0 Å². The average molecular weight is 290 g/mol. The number of hydrogen-bond acceptors (Lipinski definition) is 2. The molecule has 2 rings (SSSR count). The van der Waals surface area contributed by atoms with Crippen LogP contribution in [0.4, 0.5) is 0 Å². The maximum Gasteiger partial charge on any atom is 0.134 e. The monoisotopic (exact) mass is 290 g/mol. The van der Waals surface area contributed by atoms with Crippen LogP contribution in [0.5, 0.6) is 5.75 Å². The van der Waals surface area contributed by atoms with E-state index in [1.807, 2.05) is 0 Å². The molecule has 0 saturated carbocycles. The average Bonchev–Trinajstić information content (AvgIpc) is 2.29. The van der Waals surface area contributed by atoms with E-state index in [0.29, 0.717) is 5.75 Å². The second-order valence-corrected chi connectivity index (χ2v) is 5.20. The lowest BCUT2D eigenvalue weighted by Crippen LogP contribution is -1.70. The number of rotatable bonds is 0. The summed E-state index contributed by atoms with van der Waals surface area (Å²) in [7, 11) is 0. The largest absolute Gasteiger partial charge is 0.506 e. The van der Waals surface area contributed by atoms with E-state index in [-0.39, 0.29) is 0 Å². The van der Waals surface area contributed by atoms with Gasteiger partial charge in [0, 0.05) is 8.45 Å². The Morgan fingerprint density at radius 1 is 1.33 bits per heavy atom. The van der Waals surface area contributed by atoms with Crippen LogP contribution in [0, 0.1) is 10.5 Å². The fourth-order valence-corrected chi connectivity index (χ4v) is 2.77. The summed E-state index contributed by atoms with van der Waals surface area (Å²) in [5.41, 5.74) is 0. The third-order valence-electron chi connectivity index (χ3n) is 1.68. The predicted octanol–water partition coefficient (Wildman–Crippen LogP) is 3.52. The highest BCUT2D eigenvalue weighted by Crippen LogP contribution is 2.33. The standard InChI is InChI=1S/C9H7IOS/c1-5-2-6-3-7(10)4-8(11)9(6)12-5/h2-4,11H,1H3. The molecule has 0 aliphatic carbocycles. The molecule has 2 aromatic rings. The molecule has 1 heterocycles. The van der Waals surface area contributed by atoms with Crippen LogP contribution in [0.2, 0.25) is 0 Å². The molecule has 3 heteroatoms. The van der Waals surface area contributed by atoms with Crippen molar-refractivity contribution in [3.63, 3.8) is 0 Å². The minimum absolute atomic E-state index is 0.398. The topological polar surface area (TPSA) is 20.2 Å². The van der Waals surface area contributed by atoms with Gasteiger partial charge >= 0.3 is 0 Å². The summed E-state index contributed by atoms with van der Waals surface area (Å²) < 4.78 is 2.07. The molecule has 0 aliphatic rings. The molecule has 0 radical (unpaired) electrons. The number of fused-ring (bicyclic) bond motifs is 1. The number of benzene rings is 1. The van der Waals surface area contributed by atoms with E-state index in [0.717, 1.165) is 13.7 Å². The minimum atomic E-state index is 0.398. The summed E-state index contributed by atoms with van der Waals surface area (Å²) in [4.78, 5) is 1.24. The Morgan fingerprint density at radius 3 is 2.83 bits per heavy atom. The fraction of sp³-hybridized carbons (Fsp3) is 0.111. The first-order valence-electron chi connectivity index (χ1n) is 3.55. The molecule has 1 nitrogen and oxygen atoms in total. The quantitative estimate of drug-likeness (QED) is 0.736. The summed E-state index contributed by atoms with van der Waals surface area (Å²) in [5.74, 6) is 0.398. The zero-order chi connectivity index (χ0) is 8.72. The predicted molar refractivity (Wildman–Crippen MR) is 60.9 cm³/mol. The maximum absolute atomic E-state index is 9.57. The van der Waals surface area contributed by atoms with Crippen LogP contribution in [0.15, 0.2) is 18.2 Å². The molecular weight excluding hydrogens is 283 g/mol. The molecule has 1 aromatic carbocycles. The molecule has 0 spiro atoms. The number of aryl methyl sites for hydroxylation is 1. The van der Waals surface area contributed by atoms with Gasteiger partial charge in [0.15, 0.2) is 0 Å². The molecule has 0 atom stereocenters. The number of thiophene rings is 1. The number of phenolic OH excluding ortho intramolecular Hbond substituents is 1. The molecule has 0 unspecified atom stereocenters. The SMILES string of the molecule is Cc1cc2cc(I)cc(O)c2s1. The van der Waals surface area contributed by atoms with E-state index in [4.69, 9.17) is 0 Å². The van der Waals surface area contributed by atoms with Gasteiger partial charge in [-0.25, -0.2) is 0 Å². The zero-order valence-electron chi connectivity index (χ0n) is 6.47. The van der Waals surface area contributed by atoms with Gasteiger partial charge in [0.2, 0.25) is 0 Å². The Kier molecular flexibility index (Phi) is 2.00. The number of phenols is 1. The Morgan fingerprint density at radius 2 is 2.08 bits per heavy atom. The fourth-order valence-electron chi connectivity index (χ4n) is 1.23. The first-order valence-corrected chi connectivity index (χ1v) is 5.45. The highest BCUT2D eigenvalue weighted by Gasteiger charge is 2.04. The molecule has 0 saturated heterocycles. The van der Waals surface area contributed by atoms with Crippen molar-refractivity contribution in [2.75, 3.05) is 0 Å². The second-order valence-electron chi connectivity index (χ2n) is 2.70. The molecule has 0 aliphatic heterocycles. The van der Waals surface area contributed by atoms with E-state index in [2.05, 4.69) is 41.6 Å². The highest BCUT2D eigenvalue weighted by atomic mass is 127. The molecule has 0 bridgehead atoms. The van der Waals surface area contributed by atoms with Crippen LogP contribution in [-0.2, 0) is 0 Å². The molecule has 12 heavy (non-hydrogen) atoms. The van der Waals surface area contributed by atoms with Crippen molar-refractivity contribution in [3.8, 4) is 5.75 Å². The van der Waals surface area contributed by atoms with Gasteiger partial charge in [-0.2, -0.15) is 0 Å². The van der Waals surface area contributed by atoms with Crippen molar-refractivity contribution >= 4 is 44.0 Å². The van der Waals surface area contributed by atoms with Crippen LogP contribution >= 0.6 is 33.9 Å². The lowest BCUT2D eigenvalue weighted by molar-refractivity contribution is 0.482. The molecular formula is C9H7IOS. The van der Waals surface area contributed by atoms with Crippen LogP contribution in [0.25, 0.3) is 10.1 Å². The Bertz CT molecular complexity index is 433. The molecule has 0 fully saturated rings. The van der Waals surface area contributed by atoms with Crippen molar-refractivity contribution < 1.29 is 5.11 Å². The summed E-state index contributed by atoms with van der Waals surface area (Å²) in [5, 5.41) is 10.7. The van der Waals surface area contributed by atoms with E-state index < -0.39 is 0 Å². The Balaban J connectivity index is 2.88. The first-order chi connectivity index (χ1) is 5.66. The molecule has 1 N–H and O–H groups in total. The number of aromatic hydroxyl groups is 1. The van der Waals surface area contributed by atoms with Crippen molar-refractivity contribution in [3.05, 3.63) is 26.6 Å². The van der Waals surface area contributed by atoms with Gasteiger partial charge in [0.1, 0.15) is 5.75 Å². The number of halogens is 1. The van der Waals surface area contributed by atoms with Crippen LogP contribution in [-0.4, -0.2) is 5.11 Å². The smallest absolute Gasteiger partial charge is 0.134 e. The summed E-state index contributed by atoms with van der Waals surface area (Å²) in [6.45, 7) is 2.05. The van der Waals surface area contributed by atoms with Crippen LogP contribution in [0.1, 0.15) is 4.88 Å².